The predicted molar refractivity (Wildman–Crippen MR) is 90.1 cm³/mol. The number of aromatic nitrogens is 2. The molecule has 108 valence electrons. The van der Waals surface area contributed by atoms with Gasteiger partial charge in [-0.3, -0.25) is 4.57 Å². The summed E-state index contributed by atoms with van der Waals surface area (Å²) in [6, 6.07) is 11.4. The molecule has 3 aromatic rings. The monoisotopic (exact) mass is 338 g/mol. The number of nitrogens with zero attached hydrogens (tertiary/aromatic N) is 2. The van der Waals surface area contributed by atoms with Gasteiger partial charge in [-0.05, 0) is 43.7 Å². The van der Waals surface area contributed by atoms with E-state index >= 15 is 0 Å². The van der Waals surface area contributed by atoms with E-state index in [1.165, 1.54) is 0 Å². The van der Waals surface area contributed by atoms with Gasteiger partial charge in [0.2, 0.25) is 0 Å². The first-order chi connectivity index (χ1) is 9.99. The molecular weight excluding hydrogens is 327 g/mol. The molecule has 21 heavy (non-hydrogen) atoms. The molecule has 0 amide bonds. The van der Waals surface area contributed by atoms with Gasteiger partial charge in [0.15, 0.2) is 0 Å². The number of benzene rings is 2. The lowest BCUT2D eigenvalue weighted by atomic mass is 10.2. The average Bonchev–Trinajstić information content (AvgIpc) is 2.77. The fourth-order valence-corrected chi connectivity index (χ4v) is 3.10. The molecule has 0 aliphatic carbocycles. The Balaban J connectivity index is 2.42. The molecule has 0 saturated heterocycles. The third kappa shape index (κ3) is 2.52. The topological polar surface area (TPSA) is 17.8 Å². The molecule has 2 nitrogen and oxygen atoms in total. The summed E-state index contributed by atoms with van der Waals surface area (Å²) >= 11 is 18.8. The molecule has 2 aromatic carbocycles. The molecule has 0 radical (unpaired) electrons. The van der Waals surface area contributed by atoms with Crippen molar-refractivity contribution >= 4 is 45.8 Å². The van der Waals surface area contributed by atoms with E-state index in [-0.39, 0.29) is 5.38 Å². The summed E-state index contributed by atoms with van der Waals surface area (Å²) in [5, 5.41) is 1.08. The molecule has 1 heterocycles. The molecule has 1 atom stereocenters. The SMILES string of the molecule is Cc1cccc(Cl)c1-n1c(C(C)Cl)nc2cc(Cl)ccc21. The summed E-state index contributed by atoms with van der Waals surface area (Å²) in [5.74, 6) is 0.755. The minimum absolute atomic E-state index is 0.244. The molecule has 0 aliphatic heterocycles. The summed E-state index contributed by atoms with van der Waals surface area (Å²) in [6.07, 6.45) is 0. The van der Waals surface area contributed by atoms with Gasteiger partial charge in [-0.25, -0.2) is 4.98 Å². The van der Waals surface area contributed by atoms with Gasteiger partial charge in [0.25, 0.3) is 0 Å². The Labute approximate surface area is 138 Å². The molecule has 1 unspecified atom stereocenters. The smallest absolute Gasteiger partial charge is 0.132 e. The van der Waals surface area contributed by atoms with Crippen LogP contribution in [-0.4, -0.2) is 9.55 Å². The molecule has 1 aromatic heterocycles. The van der Waals surface area contributed by atoms with Gasteiger partial charge < -0.3 is 0 Å². The summed E-state index contributed by atoms with van der Waals surface area (Å²) in [7, 11) is 0. The van der Waals surface area contributed by atoms with E-state index in [1.54, 1.807) is 0 Å². The number of alkyl halides is 1. The van der Waals surface area contributed by atoms with Crippen molar-refractivity contribution in [1.29, 1.82) is 0 Å². The molecule has 0 bridgehead atoms. The summed E-state index contributed by atoms with van der Waals surface area (Å²) in [6.45, 7) is 3.92. The normalized spacial score (nSPS) is 12.8. The third-order valence-electron chi connectivity index (χ3n) is 3.41. The van der Waals surface area contributed by atoms with E-state index in [0.717, 1.165) is 28.1 Å². The second-order valence-electron chi connectivity index (χ2n) is 4.96. The highest BCUT2D eigenvalue weighted by Gasteiger charge is 2.19. The first-order valence-electron chi connectivity index (χ1n) is 6.56. The minimum atomic E-state index is -0.244. The second kappa shape index (κ2) is 5.53. The summed E-state index contributed by atoms with van der Waals surface area (Å²) in [5.41, 5.74) is 3.73. The lowest BCUT2D eigenvalue weighted by molar-refractivity contribution is 0.878. The number of aryl methyl sites for hydroxylation is 1. The van der Waals surface area contributed by atoms with Crippen LogP contribution in [0.2, 0.25) is 10.0 Å². The molecule has 0 N–H and O–H groups in total. The first-order valence-corrected chi connectivity index (χ1v) is 7.75. The molecule has 0 saturated carbocycles. The molecule has 0 spiro atoms. The van der Waals surface area contributed by atoms with Gasteiger partial charge >= 0.3 is 0 Å². The number of para-hydroxylation sites is 1. The van der Waals surface area contributed by atoms with E-state index in [1.807, 2.05) is 54.8 Å². The predicted octanol–water partition coefficient (Wildman–Crippen LogP) is 5.94. The van der Waals surface area contributed by atoms with Crippen molar-refractivity contribution in [2.45, 2.75) is 19.2 Å². The van der Waals surface area contributed by atoms with Gasteiger partial charge in [0, 0.05) is 5.02 Å². The Morgan fingerprint density at radius 2 is 1.90 bits per heavy atom. The van der Waals surface area contributed by atoms with Crippen LogP contribution in [0.25, 0.3) is 16.7 Å². The second-order valence-corrected chi connectivity index (χ2v) is 6.46. The van der Waals surface area contributed by atoms with Gasteiger partial charge in [-0.15, -0.1) is 11.6 Å². The lowest BCUT2D eigenvalue weighted by Crippen LogP contribution is -2.04. The summed E-state index contributed by atoms with van der Waals surface area (Å²) < 4.78 is 2.01. The van der Waals surface area contributed by atoms with E-state index in [0.29, 0.717) is 10.0 Å². The standard InChI is InChI=1S/C16H13Cl3N2/c1-9-4-3-5-12(19)15(9)21-14-7-6-11(18)8-13(14)20-16(21)10(2)17/h3-8,10H,1-2H3. The van der Waals surface area contributed by atoms with Gasteiger partial charge in [-0.2, -0.15) is 0 Å². The molecule has 0 aliphatic rings. The zero-order chi connectivity index (χ0) is 15.1. The van der Waals surface area contributed by atoms with E-state index in [9.17, 15) is 0 Å². The van der Waals surface area contributed by atoms with Crippen LogP contribution < -0.4 is 0 Å². The van der Waals surface area contributed by atoms with Crippen LogP contribution in [0.5, 0.6) is 0 Å². The largest absolute Gasteiger partial charge is 0.293 e. The van der Waals surface area contributed by atoms with Crippen molar-refractivity contribution in [3.05, 3.63) is 57.8 Å². The fraction of sp³-hybridized carbons (Fsp3) is 0.188. The van der Waals surface area contributed by atoms with E-state index < -0.39 is 0 Å². The minimum Gasteiger partial charge on any atom is -0.293 e. The highest BCUT2D eigenvalue weighted by atomic mass is 35.5. The van der Waals surface area contributed by atoms with Gasteiger partial charge in [0.05, 0.1) is 27.1 Å². The average molecular weight is 340 g/mol. The van der Waals surface area contributed by atoms with Crippen LogP contribution >= 0.6 is 34.8 Å². The van der Waals surface area contributed by atoms with Gasteiger partial charge in [-0.1, -0.05) is 35.3 Å². The maximum atomic E-state index is 6.41. The zero-order valence-corrected chi connectivity index (χ0v) is 13.8. The number of hydrogen-bond acceptors (Lipinski definition) is 1. The van der Waals surface area contributed by atoms with Crippen molar-refractivity contribution in [2.24, 2.45) is 0 Å². The Morgan fingerprint density at radius 1 is 1.14 bits per heavy atom. The highest BCUT2D eigenvalue weighted by molar-refractivity contribution is 6.33. The van der Waals surface area contributed by atoms with Gasteiger partial charge in [0.1, 0.15) is 5.82 Å². The quantitative estimate of drug-likeness (QED) is 0.528. The number of fused-ring (bicyclic) bond motifs is 1. The van der Waals surface area contributed by atoms with Crippen molar-refractivity contribution in [3.8, 4) is 5.69 Å². The first kappa shape index (κ1) is 14.7. The van der Waals surface area contributed by atoms with Crippen molar-refractivity contribution in [2.75, 3.05) is 0 Å². The Hall–Kier alpha value is -1.22. The highest BCUT2D eigenvalue weighted by Crippen LogP contribution is 2.33. The lowest BCUT2D eigenvalue weighted by Gasteiger charge is -2.14. The molecule has 3 rings (SSSR count). The number of hydrogen-bond donors (Lipinski definition) is 0. The van der Waals surface area contributed by atoms with Crippen molar-refractivity contribution in [3.63, 3.8) is 0 Å². The van der Waals surface area contributed by atoms with Crippen molar-refractivity contribution in [1.82, 2.24) is 9.55 Å². The maximum Gasteiger partial charge on any atom is 0.132 e. The van der Waals surface area contributed by atoms with Crippen LogP contribution in [0.4, 0.5) is 0 Å². The third-order valence-corrected chi connectivity index (χ3v) is 4.15. The van der Waals surface area contributed by atoms with E-state index in [4.69, 9.17) is 34.8 Å². The van der Waals surface area contributed by atoms with Crippen LogP contribution in [0.3, 0.4) is 0 Å². The molecular formula is C16H13Cl3N2. The summed E-state index contributed by atoms with van der Waals surface area (Å²) in [4.78, 5) is 4.62. The fourth-order valence-electron chi connectivity index (χ4n) is 2.48. The van der Waals surface area contributed by atoms with Crippen LogP contribution in [0, 0.1) is 6.92 Å². The Bertz CT molecular complexity index is 801. The maximum absolute atomic E-state index is 6.41. The van der Waals surface area contributed by atoms with Crippen LogP contribution in [0.15, 0.2) is 36.4 Å². The number of halogens is 3. The molecule has 5 heteroatoms. The Kier molecular flexibility index (Phi) is 3.87. The van der Waals surface area contributed by atoms with Crippen molar-refractivity contribution < 1.29 is 0 Å². The van der Waals surface area contributed by atoms with Crippen LogP contribution in [-0.2, 0) is 0 Å². The van der Waals surface area contributed by atoms with Crippen LogP contribution in [0.1, 0.15) is 23.7 Å². The Morgan fingerprint density at radius 3 is 2.57 bits per heavy atom. The molecule has 0 fully saturated rings. The number of imidazole rings is 1. The number of rotatable bonds is 2. The van der Waals surface area contributed by atoms with E-state index in [2.05, 4.69) is 4.98 Å². The zero-order valence-electron chi connectivity index (χ0n) is 11.6.